The Hall–Kier alpha value is -0.870. The van der Waals surface area contributed by atoms with E-state index in [4.69, 9.17) is 5.73 Å². The quantitative estimate of drug-likeness (QED) is 0.734. The van der Waals surface area contributed by atoms with E-state index in [0.717, 1.165) is 31.4 Å². The monoisotopic (exact) mass is 195 g/mol. The van der Waals surface area contributed by atoms with Gasteiger partial charge in [0.1, 0.15) is 0 Å². The van der Waals surface area contributed by atoms with Crippen LogP contribution < -0.4 is 5.73 Å². The molecule has 1 aliphatic carbocycles. The van der Waals surface area contributed by atoms with E-state index >= 15 is 0 Å². The molecule has 78 valence electrons. The lowest BCUT2D eigenvalue weighted by Crippen LogP contribution is -2.22. The van der Waals surface area contributed by atoms with Crippen LogP contribution in [0.1, 0.15) is 37.4 Å². The number of nitrogens with zero attached hydrogens (tertiary/aromatic N) is 2. The minimum atomic E-state index is -0.101. The van der Waals surface area contributed by atoms with Crippen molar-refractivity contribution in [2.24, 2.45) is 5.73 Å². The first-order valence-corrected chi connectivity index (χ1v) is 5.20. The van der Waals surface area contributed by atoms with Crippen LogP contribution in [0.5, 0.6) is 0 Å². The second-order valence-electron chi connectivity index (χ2n) is 3.96. The van der Waals surface area contributed by atoms with Gasteiger partial charge in [0, 0.05) is 18.8 Å². The summed E-state index contributed by atoms with van der Waals surface area (Å²) in [6.07, 6.45) is 7.43. The van der Waals surface area contributed by atoms with Crippen molar-refractivity contribution in [2.75, 3.05) is 0 Å². The Morgan fingerprint density at radius 3 is 2.79 bits per heavy atom. The Labute approximate surface area is 83.8 Å². The molecule has 1 fully saturated rings. The third kappa shape index (κ3) is 1.81. The summed E-state index contributed by atoms with van der Waals surface area (Å²) in [5, 5.41) is 9.40. The van der Waals surface area contributed by atoms with Crippen LogP contribution in [0.4, 0.5) is 0 Å². The van der Waals surface area contributed by atoms with Gasteiger partial charge in [0.25, 0.3) is 0 Å². The molecule has 0 unspecified atom stereocenters. The molecule has 1 heterocycles. The van der Waals surface area contributed by atoms with Gasteiger partial charge < -0.3 is 15.4 Å². The number of aliphatic hydroxyl groups is 1. The van der Waals surface area contributed by atoms with Crippen LogP contribution in [-0.4, -0.2) is 20.8 Å². The van der Waals surface area contributed by atoms with E-state index in [2.05, 4.69) is 9.55 Å². The average molecular weight is 195 g/mol. The molecule has 0 saturated heterocycles. The Balaban J connectivity index is 2.08. The predicted octanol–water partition coefficient (Wildman–Crippen LogP) is 0.818. The van der Waals surface area contributed by atoms with Crippen LogP contribution in [0.25, 0.3) is 0 Å². The number of hydrogen-bond donors (Lipinski definition) is 2. The number of aliphatic hydroxyl groups excluding tert-OH is 1. The SMILES string of the molecule is NCc1cncn1C1CCC(O)CC1. The molecule has 0 aromatic carbocycles. The van der Waals surface area contributed by atoms with Crippen LogP contribution in [0.15, 0.2) is 12.5 Å². The van der Waals surface area contributed by atoms with E-state index in [1.54, 1.807) is 0 Å². The van der Waals surface area contributed by atoms with Gasteiger partial charge in [-0.25, -0.2) is 4.98 Å². The molecule has 0 bridgehead atoms. The summed E-state index contributed by atoms with van der Waals surface area (Å²) in [4.78, 5) is 4.11. The van der Waals surface area contributed by atoms with Crippen LogP contribution in [0.3, 0.4) is 0 Å². The lowest BCUT2D eigenvalue weighted by Gasteiger charge is -2.27. The lowest BCUT2D eigenvalue weighted by molar-refractivity contribution is 0.110. The van der Waals surface area contributed by atoms with Gasteiger partial charge in [0.2, 0.25) is 0 Å². The Morgan fingerprint density at radius 2 is 2.14 bits per heavy atom. The van der Waals surface area contributed by atoms with E-state index in [1.165, 1.54) is 0 Å². The Morgan fingerprint density at radius 1 is 1.43 bits per heavy atom. The maximum absolute atomic E-state index is 9.40. The molecule has 1 aromatic rings. The van der Waals surface area contributed by atoms with Crippen LogP contribution in [-0.2, 0) is 6.54 Å². The third-order valence-electron chi connectivity index (χ3n) is 3.02. The van der Waals surface area contributed by atoms with E-state index in [1.807, 2.05) is 12.5 Å². The standard InChI is InChI=1S/C10H17N3O/c11-5-9-6-12-7-13(9)8-1-3-10(14)4-2-8/h6-8,10,14H,1-5,11H2. The van der Waals surface area contributed by atoms with Crippen molar-refractivity contribution in [1.29, 1.82) is 0 Å². The summed E-state index contributed by atoms with van der Waals surface area (Å²) in [5.41, 5.74) is 6.71. The maximum Gasteiger partial charge on any atom is 0.0951 e. The van der Waals surface area contributed by atoms with Crippen molar-refractivity contribution in [2.45, 2.75) is 44.4 Å². The minimum Gasteiger partial charge on any atom is -0.393 e. The molecule has 0 aliphatic heterocycles. The number of imidazole rings is 1. The number of hydrogen-bond acceptors (Lipinski definition) is 3. The highest BCUT2D eigenvalue weighted by Gasteiger charge is 2.21. The van der Waals surface area contributed by atoms with Crippen molar-refractivity contribution >= 4 is 0 Å². The summed E-state index contributed by atoms with van der Waals surface area (Å²) in [6.45, 7) is 0.541. The first-order valence-electron chi connectivity index (χ1n) is 5.20. The first kappa shape index (κ1) is 9.68. The molecule has 0 atom stereocenters. The summed E-state index contributed by atoms with van der Waals surface area (Å²) in [7, 11) is 0. The van der Waals surface area contributed by atoms with Gasteiger partial charge in [0.05, 0.1) is 18.1 Å². The number of rotatable bonds is 2. The zero-order valence-electron chi connectivity index (χ0n) is 8.26. The maximum atomic E-state index is 9.40. The van der Waals surface area contributed by atoms with Gasteiger partial charge in [-0.3, -0.25) is 0 Å². The highest BCUT2D eigenvalue weighted by atomic mass is 16.3. The normalized spacial score (nSPS) is 27.9. The number of aromatic nitrogens is 2. The Bertz CT molecular complexity index is 289. The highest BCUT2D eigenvalue weighted by molar-refractivity contribution is 5.00. The van der Waals surface area contributed by atoms with E-state index < -0.39 is 0 Å². The van der Waals surface area contributed by atoms with Crippen molar-refractivity contribution in [3.63, 3.8) is 0 Å². The zero-order valence-corrected chi connectivity index (χ0v) is 8.26. The minimum absolute atomic E-state index is 0.101. The van der Waals surface area contributed by atoms with E-state index in [0.29, 0.717) is 12.6 Å². The molecule has 1 aromatic heterocycles. The molecular formula is C10H17N3O. The van der Waals surface area contributed by atoms with Crippen molar-refractivity contribution in [3.05, 3.63) is 18.2 Å². The summed E-state index contributed by atoms with van der Waals surface area (Å²) in [5.74, 6) is 0. The van der Waals surface area contributed by atoms with Gasteiger partial charge >= 0.3 is 0 Å². The van der Waals surface area contributed by atoms with Gasteiger partial charge in [-0.1, -0.05) is 0 Å². The predicted molar refractivity (Wildman–Crippen MR) is 53.6 cm³/mol. The average Bonchev–Trinajstić information content (AvgIpc) is 2.67. The van der Waals surface area contributed by atoms with E-state index in [9.17, 15) is 5.11 Å². The molecule has 14 heavy (non-hydrogen) atoms. The van der Waals surface area contributed by atoms with Crippen molar-refractivity contribution < 1.29 is 5.11 Å². The number of nitrogens with two attached hydrogens (primary N) is 1. The molecule has 0 radical (unpaired) electrons. The smallest absolute Gasteiger partial charge is 0.0951 e. The van der Waals surface area contributed by atoms with Crippen molar-refractivity contribution in [1.82, 2.24) is 9.55 Å². The topological polar surface area (TPSA) is 64.1 Å². The molecule has 1 aliphatic rings. The fourth-order valence-electron chi connectivity index (χ4n) is 2.16. The van der Waals surface area contributed by atoms with Gasteiger partial charge in [-0.05, 0) is 25.7 Å². The molecule has 0 amide bonds. The molecule has 1 saturated carbocycles. The fraction of sp³-hybridized carbons (Fsp3) is 0.700. The van der Waals surface area contributed by atoms with Gasteiger partial charge in [-0.15, -0.1) is 0 Å². The lowest BCUT2D eigenvalue weighted by atomic mass is 9.93. The fourth-order valence-corrected chi connectivity index (χ4v) is 2.16. The van der Waals surface area contributed by atoms with Crippen LogP contribution in [0, 0.1) is 0 Å². The van der Waals surface area contributed by atoms with Gasteiger partial charge in [0.15, 0.2) is 0 Å². The largest absolute Gasteiger partial charge is 0.393 e. The highest BCUT2D eigenvalue weighted by Crippen LogP contribution is 2.29. The van der Waals surface area contributed by atoms with Crippen molar-refractivity contribution in [3.8, 4) is 0 Å². The molecule has 4 heteroatoms. The molecule has 4 nitrogen and oxygen atoms in total. The van der Waals surface area contributed by atoms with Gasteiger partial charge in [-0.2, -0.15) is 0 Å². The Kier molecular flexibility index (Phi) is 2.84. The molecule has 3 N–H and O–H groups in total. The first-order chi connectivity index (χ1) is 6.81. The second-order valence-corrected chi connectivity index (χ2v) is 3.96. The van der Waals surface area contributed by atoms with E-state index in [-0.39, 0.29) is 6.10 Å². The van der Waals surface area contributed by atoms with Crippen LogP contribution in [0.2, 0.25) is 0 Å². The molecular weight excluding hydrogens is 178 g/mol. The molecule has 0 spiro atoms. The summed E-state index contributed by atoms with van der Waals surface area (Å²) >= 11 is 0. The second kappa shape index (κ2) is 4.11. The molecule has 2 rings (SSSR count). The zero-order chi connectivity index (χ0) is 9.97. The summed E-state index contributed by atoms with van der Waals surface area (Å²) in [6, 6.07) is 0.486. The third-order valence-corrected chi connectivity index (χ3v) is 3.02. The van der Waals surface area contributed by atoms with Crippen LogP contribution >= 0.6 is 0 Å². The summed E-state index contributed by atoms with van der Waals surface area (Å²) < 4.78 is 2.16.